The average molecular weight is 397 g/mol. The van der Waals surface area contributed by atoms with Gasteiger partial charge in [0, 0.05) is 37.7 Å². The molecule has 2 aliphatic heterocycles. The highest BCUT2D eigenvalue weighted by molar-refractivity contribution is 7.89. The fourth-order valence-electron chi connectivity index (χ4n) is 3.63. The summed E-state index contributed by atoms with van der Waals surface area (Å²) in [5, 5.41) is 0. The monoisotopic (exact) mass is 397 g/mol. The molecule has 0 radical (unpaired) electrons. The van der Waals surface area contributed by atoms with Crippen LogP contribution >= 0.6 is 0 Å². The number of halogens is 1. The largest absolute Gasteiger partial charge is 0.369 e. The highest BCUT2D eigenvalue weighted by Crippen LogP contribution is 2.25. The van der Waals surface area contributed by atoms with Crippen molar-refractivity contribution in [2.24, 2.45) is 11.7 Å². The molecule has 2 N–H and O–H groups in total. The van der Waals surface area contributed by atoms with Crippen LogP contribution in [0, 0.1) is 11.7 Å². The van der Waals surface area contributed by atoms with Crippen LogP contribution in [0.25, 0.3) is 0 Å². The molecule has 148 valence electrons. The van der Waals surface area contributed by atoms with E-state index in [1.807, 2.05) is 0 Å². The third kappa shape index (κ3) is 4.14. The van der Waals surface area contributed by atoms with Crippen molar-refractivity contribution in [3.8, 4) is 0 Å². The number of hydrogen-bond acceptors (Lipinski definition) is 4. The molecule has 2 heterocycles. The van der Waals surface area contributed by atoms with Crippen LogP contribution in [0.4, 0.5) is 4.39 Å². The minimum absolute atomic E-state index is 0.129. The molecule has 0 saturated carbocycles. The summed E-state index contributed by atoms with van der Waals surface area (Å²) in [4.78, 5) is 25.1. The Bertz CT molecular complexity index is 829. The van der Waals surface area contributed by atoms with Crippen LogP contribution in [-0.4, -0.2) is 55.6 Å². The summed E-state index contributed by atoms with van der Waals surface area (Å²) in [5.74, 6) is -1.85. The Morgan fingerprint density at radius 1 is 1.04 bits per heavy atom. The van der Waals surface area contributed by atoms with E-state index in [1.165, 1.54) is 10.4 Å². The average Bonchev–Trinajstić information content (AvgIpc) is 2.68. The summed E-state index contributed by atoms with van der Waals surface area (Å²) in [6, 6.07) is 3.45. The van der Waals surface area contributed by atoms with Crippen molar-refractivity contribution in [3.63, 3.8) is 0 Å². The number of benzene rings is 1. The number of nitrogens with two attached hydrogens (primary N) is 1. The summed E-state index contributed by atoms with van der Waals surface area (Å²) in [5.41, 5.74) is 5.43. The van der Waals surface area contributed by atoms with Crippen molar-refractivity contribution >= 4 is 21.8 Å². The number of likely N-dealkylation sites (tertiary alicyclic amines) is 1. The maximum atomic E-state index is 14.3. The number of carbonyl (C=O) groups is 2. The Kier molecular flexibility index (Phi) is 5.81. The number of rotatable bonds is 4. The zero-order valence-corrected chi connectivity index (χ0v) is 15.9. The Balaban J connectivity index is 1.81. The molecule has 1 aromatic carbocycles. The van der Waals surface area contributed by atoms with E-state index in [1.54, 1.807) is 4.90 Å². The van der Waals surface area contributed by atoms with Crippen LogP contribution in [0.1, 0.15) is 42.5 Å². The Hall–Kier alpha value is -2.00. The van der Waals surface area contributed by atoms with Gasteiger partial charge in [0.15, 0.2) is 0 Å². The maximum Gasteiger partial charge on any atom is 0.253 e. The van der Waals surface area contributed by atoms with Gasteiger partial charge < -0.3 is 10.6 Å². The number of carbonyl (C=O) groups excluding carboxylic acids is 2. The van der Waals surface area contributed by atoms with Gasteiger partial charge in [0.1, 0.15) is 10.7 Å². The summed E-state index contributed by atoms with van der Waals surface area (Å²) in [6.45, 7) is 1.44. The van der Waals surface area contributed by atoms with Crippen molar-refractivity contribution in [2.45, 2.75) is 37.0 Å². The van der Waals surface area contributed by atoms with Crippen LogP contribution in [0.3, 0.4) is 0 Å². The lowest BCUT2D eigenvalue weighted by Crippen LogP contribution is -2.41. The second kappa shape index (κ2) is 7.93. The van der Waals surface area contributed by atoms with Gasteiger partial charge in [-0.25, -0.2) is 12.8 Å². The minimum atomic E-state index is -3.97. The van der Waals surface area contributed by atoms with Crippen LogP contribution < -0.4 is 5.73 Å². The zero-order valence-electron chi connectivity index (χ0n) is 15.1. The topological polar surface area (TPSA) is 101 Å². The summed E-state index contributed by atoms with van der Waals surface area (Å²) in [7, 11) is -3.97. The molecule has 0 aliphatic carbocycles. The first-order valence-corrected chi connectivity index (χ1v) is 10.6. The molecule has 2 aliphatic rings. The molecule has 1 aromatic rings. The van der Waals surface area contributed by atoms with E-state index in [2.05, 4.69) is 0 Å². The number of sulfonamides is 1. The normalized spacial score (nSPS) is 19.8. The van der Waals surface area contributed by atoms with Gasteiger partial charge >= 0.3 is 0 Å². The minimum Gasteiger partial charge on any atom is -0.369 e. The molecule has 2 fully saturated rings. The van der Waals surface area contributed by atoms with Gasteiger partial charge in [-0.15, -0.1) is 0 Å². The van der Waals surface area contributed by atoms with Gasteiger partial charge in [-0.1, -0.05) is 6.42 Å². The van der Waals surface area contributed by atoms with Crippen molar-refractivity contribution in [1.29, 1.82) is 0 Å². The number of nitrogens with zero attached hydrogens (tertiary/aromatic N) is 2. The molecule has 0 unspecified atom stereocenters. The molecular formula is C18H24FN3O4S. The van der Waals surface area contributed by atoms with Crippen LogP contribution in [0.2, 0.25) is 0 Å². The van der Waals surface area contributed by atoms with Gasteiger partial charge in [-0.3, -0.25) is 9.59 Å². The lowest BCUT2D eigenvalue weighted by molar-refractivity contribution is -0.123. The zero-order chi connectivity index (χ0) is 19.6. The van der Waals surface area contributed by atoms with Crippen LogP contribution in [0.15, 0.2) is 23.1 Å². The van der Waals surface area contributed by atoms with Crippen molar-refractivity contribution in [3.05, 3.63) is 29.6 Å². The Morgan fingerprint density at radius 2 is 1.67 bits per heavy atom. The highest BCUT2D eigenvalue weighted by Gasteiger charge is 2.31. The fourth-order valence-corrected chi connectivity index (χ4v) is 5.24. The molecular weight excluding hydrogens is 373 g/mol. The van der Waals surface area contributed by atoms with Gasteiger partial charge in [-0.2, -0.15) is 4.31 Å². The SMILES string of the molecule is NC(=O)C1CCN(C(=O)c2ccc(F)c(S(=O)(=O)N3CCCCC3)c2)CC1. The van der Waals surface area contributed by atoms with E-state index in [9.17, 15) is 22.4 Å². The summed E-state index contributed by atoms with van der Waals surface area (Å²) in [6.07, 6.45) is 3.39. The molecule has 0 aromatic heterocycles. The number of hydrogen-bond donors (Lipinski definition) is 1. The second-order valence-electron chi connectivity index (χ2n) is 7.08. The predicted molar refractivity (Wildman–Crippen MR) is 96.8 cm³/mol. The van der Waals surface area contributed by atoms with Gasteiger partial charge in [-0.05, 0) is 43.9 Å². The number of primary amides is 1. The van der Waals surface area contributed by atoms with Crippen molar-refractivity contribution in [1.82, 2.24) is 9.21 Å². The van der Waals surface area contributed by atoms with Crippen LogP contribution in [-0.2, 0) is 14.8 Å². The fraction of sp³-hybridized carbons (Fsp3) is 0.556. The van der Waals surface area contributed by atoms with Gasteiger partial charge in [0.2, 0.25) is 15.9 Å². The first-order chi connectivity index (χ1) is 12.8. The molecule has 9 heteroatoms. The van der Waals surface area contributed by atoms with Gasteiger partial charge in [0.05, 0.1) is 0 Å². The Labute approximate surface area is 158 Å². The van der Waals surface area contributed by atoms with E-state index in [0.29, 0.717) is 39.0 Å². The quantitative estimate of drug-likeness (QED) is 0.828. The molecule has 2 saturated heterocycles. The second-order valence-corrected chi connectivity index (χ2v) is 8.99. The van der Waals surface area contributed by atoms with Gasteiger partial charge in [0.25, 0.3) is 5.91 Å². The van der Waals surface area contributed by atoms with E-state index in [4.69, 9.17) is 5.73 Å². The third-order valence-electron chi connectivity index (χ3n) is 5.30. The predicted octanol–water partition coefficient (Wildman–Crippen LogP) is 1.34. The molecule has 0 atom stereocenters. The number of piperidine rings is 2. The third-order valence-corrected chi connectivity index (χ3v) is 7.21. The lowest BCUT2D eigenvalue weighted by atomic mass is 9.96. The molecule has 0 bridgehead atoms. The van der Waals surface area contributed by atoms with E-state index < -0.39 is 20.7 Å². The molecule has 0 spiro atoms. The molecule has 3 rings (SSSR count). The van der Waals surface area contributed by atoms with Crippen LogP contribution in [0.5, 0.6) is 0 Å². The Morgan fingerprint density at radius 3 is 2.26 bits per heavy atom. The highest BCUT2D eigenvalue weighted by atomic mass is 32.2. The van der Waals surface area contributed by atoms with E-state index in [-0.39, 0.29) is 23.3 Å². The van der Waals surface area contributed by atoms with E-state index in [0.717, 1.165) is 31.4 Å². The van der Waals surface area contributed by atoms with E-state index >= 15 is 0 Å². The first kappa shape index (κ1) is 19.8. The summed E-state index contributed by atoms with van der Waals surface area (Å²) < 4.78 is 41.1. The molecule has 7 nitrogen and oxygen atoms in total. The lowest BCUT2D eigenvalue weighted by Gasteiger charge is -2.31. The molecule has 27 heavy (non-hydrogen) atoms. The van der Waals surface area contributed by atoms with Crippen molar-refractivity contribution < 1.29 is 22.4 Å². The van der Waals surface area contributed by atoms with Crippen molar-refractivity contribution in [2.75, 3.05) is 26.2 Å². The first-order valence-electron chi connectivity index (χ1n) is 9.19. The molecule has 2 amide bonds. The number of amides is 2. The standard InChI is InChI=1S/C18H24FN3O4S/c19-15-5-4-14(18(24)21-10-6-13(7-11-21)17(20)23)12-16(15)27(25,26)22-8-2-1-3-9-22/h4-5,12-13H,1-3,6-11H2,(H2,20,23). The smallest absolute Gasteiger partial charge is 0.253 e. The maximum absolute atomic E-state index is 14.3. The summed E-state index contributed by atoms with van der Waals surface area (Å²) >= 11 is 0.